The molecule has 8 nitrogen and oxygen atoms in total. The first-order valence-electron chi connectivity index (χ1n) is 15.1. The van der Waals surface area contributed by atoms with Crippen LogP contribution in [0, 0.1) is 0 Å². The van der Waals surface area contributed by atoms with E-state index in [1.54, 1.807) is 0 Å². The number of nitrogens with one attached hydrogen (secondary N) is 1. The van der Waals surface area contributed by atoms with Gasteiger partial charge >= 0.3 is 6.18 Å². The van der Waals surface area contributed by atoms with E-state index in [1.165, 1.54) is 28.7 Å². The molecule has 2 fully saturated rings. The van der Waals surface area contributed by atoms with E-state index >= 15 is 0 Å². The summed E-state index contributed by atoms with van der Waals surface area (Å²) in [5.41, 5.74) is -0.437. The molecule has 2 amide bonds. The minimum Gasteiger partial charge on any atom is -0.378 e. The molecule has 2 saturated carbocycles. The fourth-order valence-corrected chi connectivity index (χ4v) is 7.64. The van der Waals surface area contributed by atoms with Gasteiger partial charge in [-0.2, -0.15) is 13.2 Å². The Bertz CT molecular complexity index is 1620. The second-order valence-electron chi connectivity index (χ2n) is 12.2. The second-order valence-corrected chi connectivity index (χ2v) is 13.1. The highest BCUT2D eigenvalue weighted by atomic mass is 32.1. The number of benzene rings is 1. The van der Waals surface area contributed by atoms with Gasteiger partial charge in [-0.25, -0.2) is 4.98 Å². The second kappa shape index (κ2) is 11.8. The highest BCUT2D eigenvalue weighted by molar-refractivity contribution is 7.10. The van der Waals surface area contributed by atoms with Gasteiger partial charge in [0.2, 0.25) is 0 Å². The number of aromatic nitrogens is 2. The van der Waals surface area contributed by atoms with Crippen LogP contribution >= 0.6 is 11.3 Å². The fraction of sp³-hybridized carbons (Fsp3) is 0.500. The van der Waals surface area contributed by atoms with Crippen molar-refractivity contribution >= 4 is 23.2 Å². The Balaban J connectivity index is 1.20. The number of fused-ring (bicyclic) bond motifs is 1. The van der Waals surface area contributed by atoms with Gasteiger partial charge in [-0.15, -0.1) is 11.3 Å². The van der Waals surface area contributed by atoms with E-state index in [9.17, 15) is 32.7 Å². The number of H-pyrrole nitrogens is 1. The van der Waals surface area contributed by atoms with Crippen molar-refractivity contribution in [1.82, 2.24) is 19.8 Å². The van der Waals surface area contributed by atoms with E-state index in [0.29, 0.717) is 35.5 Å². The first kappa shape index (κ1) is 30.5. The number of rotatable bonds is 6. The molecule has 1 aliphatic heterocycles. The number of alkyl halides is 3. The molecule has 1 atom stereocenters. The molecule has 0 unspecified atom stereocenters. The maximum atomic E-state index is 13.4. The van der Waals surface area contributed by atoms with Crippen LogP contribution in [0.25, 0.3) is 0 Å². The normalized spacial score (nSPS) is 19.2. The van der Waals surface area contributed by atoms with E-state index in [0.717, 1.165) is 61.6 Å². The Morgan fingerprint density at radius 3 is 2.61 bits per heavy atom. The van der Waals surface area contributed by atoms with Crippen molar-refractivity contribution in [3.63, 3.8) is 0 Å². The molecule has 0 saturated heterocycles. The summed E-state index contributed by atoms with van der Waals surface area (Å²) >= 11 is 1.50. The number of halogens is 3. The number of aromatic amines is 1. The molecule has 2 aromatic heterocycles. The highest BCUT2D eigenvalue weighted by Crippen LogP contribution is 2.54. The van der Waals surface area contributed by atoms with Crippen LogP contribution in [0.4, 0.5) is 13.2 Å². The van der Waals surface area contributed by atoms with Gasteiger partial charge in [-0.05, 0) is 62.3 Å². The average molecular weight is 629 g/mol. The number of aryl methyl sites for hydroxylation is 1. The summed E-state index contributed by atoms with van der Waals surface area (Å²) in [7, 11) is 1.88. The Labute approximate surface area is 256 Å². The number of aliphatic hydroxyl groups is 1. The van der Waals surface area contributed by atoms with Crippen molar-refractivity contribution in [3.05, 3.63) is 84.7 Å². The molecule has 0 bridgehead atoms. The third-order valence-electron chi connectivity index (χ3n) is 9.33. The lowest BCUT2D eigenvalue weighted by Gasteiger charge is -2.31. The number of carbonyl (C=O) groups is 2. The van der Waals surface area contributed by atoms with Crippen LogP contribution in [0.2, 0.25) is 0 Å². The molecule has 6 rings (SSSR count). The standard InChI is InChI=1S/C32H35F3N4O4S/c1-38(22-9-3-2-4-10-22)28(42)20-16-25(44-18-20)31(12-13-31)30-36-24-11-6-14-39(17-23(24)27(41)37-30)29(43)26(40)19-7-5-8-21(15-19)32(33,34)35/h5,7-8,15-16,18,22,26,40H,2-4,6,9-14,17H2,1H3,(H,36,37,41)/t26-/m1/s1. The van der Waals surface area contributed by atoms with Crippen molar-refractivity contribution in [2.24, 2.45) is 0 Å². The molecular formula is C32H35F3N4O4S. The van der Waals surface area contributed by atoms with Crippen molar-refractivity contribution in [1.29, 1.82) is 0 Å². The minimum absolute atomic E-state index is 0.00987. The Hall–Kier alpha value is -3.51. The zero-order valence-corrected chi connectivity index (χ0v) is 25.3. The third kappa shape index (κ3) is 5.81. The van der Waals surface area contributed by atoms with Crippen LogP contribution in [0.1, 0.15) is 101 Å². The van der Waals surface area contributed by atoms with Crippen molar-refractivity contribution < 1.29 is 27.9 Å². The molecule has 44 heavy (non-hydrogen) atoms. The molecule has 3 aromatic rings. The Morgan fingerprint density at radius 2 is 1.91 bits per heavy atom. The lowest BCUT2D eigenvalue weighted by Crippen LogP contribution is -2.38. The first-order valence-corrected chi connectivity index (χ1v) is 16.0. The van der Waals surface area contributed by atoms with Crippen molar-refractivity contribution in [2.75, 3.05) is 13.6 Å². The van der Waals surface area contributed by atoms with Gasteiger partial charge in [-0.1, -0.05) is 31.4 Å². The molecule has 0 radical (unpaired) electrons. The zero-order valence-electron chi connectivity index (χ0n) is 24.5. The van der Waals surface area contributed by atoms with E-state index in [4.69, 9.17) is 4.98 Å². The van der Waals surface area contributed by atoms with Gasteiger partial charge in [0.25, 0.3) is 17.4 Å². The minimum atomic E-state index is -4.61. The van der Waals surface area contributed by atoms with E-state index < -0.39 is 29.2 Å². The number of thiophene rings is 1. The number of hydrogen-bond donors (Lipinski definition) is 2. The van der Waals surface area contributed by atoms with Gasteiger partial charge in [0.15, 0.2) is 6.10 Å². The summed E-state index contributed by atoms with van der Waals surface area (Å²) in [6, 6.07) is 6.26. The number of hydrogen-bond acceptors (Lipinski definition) is 6. The summed E-state index contributed by atoms with van der Waals surface area (Å²) in [5, 5.41) is 12.6. The van der Waals surface area contributed by atoms with Crippen molar-refractivity contribution in [2.45, 2.75) is 88.1 Å². The number of nitrogens with zero attached hydrogens (tertiary/aromatic N) is 3. The Morgan fingerprint density at radius 1 is 1.16 bits per heavy atom. The van der Waals surface area contributed by atoms with Crippen LogP contribution in [0.3, 0.4) is 0 Å². The smallest absolute Gasteiger partial charge is 0.378 e. The fourth-order valence-electron chi connectivity index (χ4n) is 6.50. The topological polar surface area (TPSA) is 107 Å². The van der Waals surface area contributed by atoms with E-state index in [-0.39, 0.29) is 36.2 Å². The maximum absolute atomic E-state index is 13.4. The zero-order chi connectivity index (χ0) is 31.2. The van der Waals surface area contributed by atoms with Crippen LogP contribution in [-0.2, 0) is 29.4 Å². The number of carbonyl (C=O) groups excluding carboxylic acids is 2. The summed E-state index contributed by atoms with van der Waals surface area (Å²) in [6.07, 6.45) is 1.62. The quantitative estimate of drug-likeness (QED) is 0.383. The van der Waals surface area contributed by atoms with Gasteiger partial charge in [0, 0.05) is 29.9 Å². The summed E-state index contributed by atoms with van der Waals surface area (Å²) in [6.45, 7) is 0.112. The molecule has 0 spiro atoms. The van der Waals surface area contributed by atoms with Gasteiger partial charge in [0.05, 0.1) is 34.3 Å². The third-order valence-corrected chi connectivity index (χ3v) is 10.5. The van der Waals surface area contributed by atoms with Gasteiger partial charge in [0.1, 0.15) is 5.82 Å². The SMILES string of the molecule is CN(C(=O)c1csc(C2(c3nc4c(c(=O)[nH]3)CN(C(=O)[C@H](O)c3cccc(C(F)(F)F)c3)CCC4)CC2)c1)C1CCCCC1. The first-order chi connectivity index (χ1) is 21.0. The van der Waals surface area contributed by atoms with Crippen molar-refractivity contribution in [3.8, 4) is 0 Å². The molecule has 1 aromatic carbocycles. The molecule has 3 aliphatic rings. The van der Waals surface area contributed by atoms with E-state index in [1.807, 2.05) is 23.4 Å². The van der Waals surface area contributed by atoms with Gasteiger partial charge in [-0.3, -0.25) is 14.4 Å². The lowest BCUT2D eigenvalue weighted by molar-refractivity contribution is -0.142. The average Bonchev–Trinajstić information content (AvgIpc) is 3.74. The number of amides is 2. The van der Waals surface area contributed by atoms with Crippen LogP contribution in [0.15, 0.2) is 40.5 Å². The summed E-state index contributed by atoms with van der Waals surface area (Å²) < 4.78 is 39.5. The summed E-state index contributed by atoms with van der Waals surface area (Å²) in [5.74, 6) is -0.213. The highest BCUT2D eigenvalue weighted by Gasteiger charge is 2.50. The molecule has 2 N–H and O–H groups in total. The molecule has 234 valence electrons. The van der Waals surface area contributed by atoms with E-state index in [2.05, 4.69) is 4.98 Å². The molecular weight excluding hydrogens is 593 g/mol. The largest absolute Gasteiger partial charge is 0.416 e. The van der Waals surface area contributed by atoms with Gasteiger partial charge < -0.3 is 19.9 Å². The van der Waals surface area contributed by atoms with Crippen LogP contribution in [0.5, 0.6) is 0 Å². The predicted molar refractivity (Wildman–Crippen MR) is 158 cm³/mol. The monoisotopic (exact) mass is 628 g/mol. The Kier molecular flexibility index (Phi) is 8.17. The summed E-state index contributed by atoms with van der Waals surface area (Å²) in [4.78, 5) is 51.8. The lowest BCUT2D eigenvalue weighted by atomic mass is 9.94. The van der Waals surface area contributed by atoms with Crippen LogP contribution in [-0.4, -0.2) is 56.3 Å². The molecule has 12 heteroatoms. The maximum Gasteiger partial charge on any atom is 0.416 e. The predicted octanol–water partition coefficient (Wildman–Crippen LogP) is 5.34. The van der Waals surface area contributed by atoms with Crippen LogP contribution < -0.4 is 5.56 Å². The number of aliphatic hydroxyl groups excluding tert-OH is 1. The molecule has 3 heterocycles. The molecule has 2 aliphatic carbocycles.